The van der Waals surface area contributed by atoms with Gasteiger partial charge in [0.15, 0.2) is 0 Å². The summed E-state index contributed by atoms with van der Waals surface area (Å²) in [5.74, 6) is -1.65. The summed E-state index contributed by atoms with van der Waals surface area (Å²) in [6.45, 7) is 3.52. The van der Waals surface area contributed by atoms with Crippen molar-refractivity contribution in [3.05, 3.63) is 47.0 Å². The van der Waals surface area contributed by atoms with Crippen LogP contribution in [0.15, 0.2) is 41.4 Å². The predicted octanol–water partition coefficient (Wildman–Crippen LogP) is 3.55. The quantitative estimate of drug-likeness (QED) is 0.654. The fourth-order valence-corrected chi connectivity index (χ4v) is 4.08. The highest BCUT2D eigenvalue weighted by Gasteiger charge is 2.41. The lowest BCUT2D eigenvalue weighted by atomic mass is 10.0. The van der Waals surface area contributed by atoms with Gasteiger partial charge in [0.2, 0.25) is 0 Å². The highest BCUT2D eigenvalue weighted by molar-refractivity contribution is 8.26. The molecule has 0 saturated carbocycles. The maximum atomic E-state index is 12.7. The Labute approximate surface area is 154 Å². The summed E-state index contributed by atoms with van der Waals surface area (Å²) in [7, 11) is 0. The Morgan fingerprint density at radius 3 is 2.80 bits per heavy atom. The molecule has 5 nitrogen and oxygen atoms in total. The second-order valence-electron chi connectivity index (χ2n) is 6.03. The smallest absolute Gasteiger partial charge is 0.327 e. The molecule has 1 unspecified atom stereocenters. The fourth-order valence-electron chi connectivity index (χ4n) is 2.75. The van der Waals surface area contributed by atoms with Crippen LogP contribution in [0.25, 0.3) is 17.0 Å². The number of thioether (sulfide) groups is 1. The number of aromatic nitrogens is 1. The van der Waals surface area contributed by atoms with Gasteiger partial charge in [-0.2, -0.15) is 0 Å². The number of benzene rings is 1. The molecule has 128 valence electrons. The molecule has 1 saturated heterocycles. The molecule has 0 aliphatic carbocycles. The molecule has 0 radical (unpaired) electrons. The minimum Gasteiger partial charge on any atom is -0.480 e. The van der Waals surface area contributed by atoms with Gasteiger partial charge in [-0.15, -0.1) is 0 Å². The van der Waals surface area contributed by atoms with Crippen molar-refractivity contribution in [2.75, 3.05) is 0 Å². The normalized spacial score (nSPS) is 17.7. The van der Waals surface area contributed by atoms with Gasteiger partial charge in [0, 0.05) is 11.6 Å². The highest BCUT2D eigenvalue weighted by Crippen LogP contribution is 2.35. The highest BCUT2D eigenvalue weighted by atomic mass is 32.2. The lowest BCUT2D eigenvalue weighted by Crippen LogP contribution is -2.47. The average molecular weight is 372 g/mol. The van der Waals surface area contributed by atoms with Crippen molar-refractivity contribution in [2.24, 2.45) is 5.92 Å². The third kappa shape index (κ3) is 3.43. The van der Waals surface area contributed by atoms with Crippen LogP contribution < -0.4 is 0 Å². The number of carboxylic acid groups (broad SMARTS) is 1. The van der Waals surface area contributed by atoms with Gasteiger partial charge in [0.1, 0.15) is 10.4 Å². The molecule has 1 aliphatic heterocycles. The zero-order valence-electron chi connectivity index (χ0n) is 13.7. The number of hydrogen-bond acceptors (Lipinski definition) is 5. The number of fused-ring (bicyclic) bond motifs is 1. The van der Waals surface area contributed by atoms with E-state index in [-0.39, 0.29) is 16.1 Å². The molecule has 7 heteroatoms. The summed E-state index contributed by atoms with van der Waals surface area (Å²) in [6, 6.07) is 8.54. The van der Waals surface area contributed by atoms with Crippen LogP contribution in [0.1, 0.15) is 19.4 Å². The van der Waals surface area contributed by atoms with Gasteiger partial charge >= 0.3 is 5.97 Å². The van der Waals surface area contributed by atoms with E-state index in [1.807, 2.05) is 30.3 Å². The Balaban J connectivity index is 1.95. The van der Waals surface area contributed by atoms with Crippen molar-refractivity contribution in [1.29, 1.82) is 0 Å². The number of carboxylic acids is 1. The predicted molar refractivity (Wildman–Crippen MR) is 103 cm³/mol. The molecule has 1 amide bonds. The van der Waals surface area contributed by atoms with E-state index in [2.05, 4.69) is 4.98 Å². The molecule has 2 heterocycles. The number of thiocarbonyl (C=S) groups is 1. The first-order valence-electron chi connectivity index (χ1n) is 7.73. The first kappa shape index (κ1) is 17.6. The van der Waals surface area contributed by atoms with E-state index in [1.165, 1.54) is 4.90 Å². The molecule has 1 aromatic carbocycles. The molecule has 1 aliphatic rings. The molecule has 0 spiro atoms. The van der Waals surface area contributed by atoms with Gasteiger partial charge < -0.3 is 5.11 Å². The first-order chi connectivity index (χ1) is 11.9. The van der Waals surface area contributed by atoms with E-state index in [4.69, 9.17) is 12.2 Å². The Bertz CT molecular complexity index is 908. The summed E-state index contributed by atoms with van der Waals surface area (Å²) in [5.41, 5.74) is 1.72. The zero-order valence-corrected chi connectivity index (χ0v) is 15.3. The molecule has 3 rings (SSSR count). The van der Waals surface area contributed by atoms with Crippen molar-refractivity contribution in [3.8, 4) is 0 Å². The molecular formula is C18H16N2O3S2. The number of pyridine rings is 1. The third-order valence-electron chi connectivity index (χ3n) is 3.91. The van der Waals surface area contributed by atoms with Crippen LogP contribution in [0.4, 0.5) is 0 Å². The van der Waals surface area contributed by atoms with Crippen LogP contribution in [0.2, 0.25) is 0 Å². The maximum absolute atomic E-state index is 12.7. The summed E-state index contributed by atoms with van der Waals surface area (Å²) < 4.78 is 0.278. The zero-order chi connectivity index (χ0) is 18.1. The Hall–Kier alpha value is -2.25. The van der Waals surface area contributed by atoms with Crippen LogP contribution in [0.5, 0.6) is 0 Å². The topological polar surface area (TPSA) is 70.5 Å². The lowest BCUT2D eigenvalue weighted by Gasteiger charge is -2.26. The van der Waals surface area contributed by atoms with Crippen molar-refractivity contribution in [3.63, 3.8) is 0 Å². The van der Waals surface area contributed by atoms with E-state index in [0.717, 1.165) is 28.2 Å². The molecule has 1 aromatic heterocycles. The minimum atomic E-state index is -1.05. The fraction of sp³-hybridized carbons (Fsp3) is 0.222. The SMILES string of the molecule is CC(C)C(C(=O)O)N1C(=O)C(=Cc2ccc3ncccc3c2)SC1=S. The number of carbonyl (C=O) groups excluding carboxylic acids is 1. The van der Waals surface area contributed by atoms with Gasteiger partial charge in [-0.1, -0.05) is 50.0 Å². The molecule has 2 aromatic rings. The van der Waals surface area contributed by atoms with Crippen molar-refractivity contribution in [1.82, 2.24) is 9.88 Å². The number of aliphatic carboxylic acids is 1. The third-order valence-corrected chi connectivity index (χ3v) is 5.24. The minimum absolute atomic E-state index is 0.244. The number of nitrogens with zero attached hydrogens (tertiary/aromatic N) is 2. The Morgan fingerprint density at radius 1 is 1.36 bits per heavy atom. The van der Waals surface area contributed by atoms with Crippen LogP contribution in [-0.4, -0.2) is 37.2 Å². The van der Waals surface area contributed by atoms with Gasteiger partial charge in [-0.3, -0.25) is 14.7 Å². The number of carbonyl (C=O) groups is 2. The second-order valence-corrected chi connectivity index (χ2v) is 7.71. The molecule has 25 heavy (non-hydrogen) atoms. The van der Waals surface area contributed by atoms with E-state index in [0.29, 0.717) is 4.91 Å². The Morgan fingerprint density at radius 2 is 2.12 bits per heavy atom. The molecule has 1 fully saturated rings. The molecule has 1 N–H and O–H groups in total. The monoisotopic (exact) mass is 372 g/mol. The number of hydrogen-bond donors (Lipinski definition) is 1. The van der Waals surface area contributed by atoms with E-state index in [9.17, 15) is 14.7 Å². The molecular weight excluding hydrogens is 356 g/mol. The number of amides is 1. The standard InChI is InChI=1S/C18H16N2O3S2/c1-10(2)15(17(22)23)20-16(21)14(25-18(20)24)9-11-5-6-13-12(8-11)4-3-7-19-13/h3-10,15H,1-2H3,(H,22,23). The van der Waals surface area contributed by atoms with Crippen LogP contribution in [-0.2, 0) is 9.59 Å². The van der Waals surface area contributed by atoms with E-state index < -0.39 is 12.0 Å². The average Bonchev–Trinajstić information content (AvgIpc) is 2.82. The van der Waals surface area contributed by atoms with E-state index >= 15 is 0 Å². The summed E-state index contributed by atoms with van der Waals surface area (Å²) in [5, 5.41) is 10.4. The molecule has 0 bridgehead atoms. The molecule has 1 atom stereocenters. The first-order valence-corrected chi connectivity index (χ1v) is 8.95. The maximum Gasteiger partial charge on any atom is 0.327 e. The summed E-state index contributed by atoms with van der Waals surface area (Å²) >= 11 is 6.39. The van der Waals surface area contributed by atoms with Crippen LogP contribution in [0, 0.1) is 5.92 Å². The lowest BCUT2D eigenvalue weighted by molar-refractivity contribution is -0.146. The summed E-state index contributed by atoms with van der Waals surface area (Å²) in [4.78, 5) is 30.2. The summed E-state index contributed by atoms with van der Waals surface area (Å²) in [6.07, 6.45) is 3.47. The van der Waals surface area contributed by atoms with Gasteiger partial charge in [0.05, 0.1) is 10.4 Å². The largest absolute Gasteiger partial charge is 0.480 e. The van der Waals surface area contributed by atoms with Gasteiger partial charge in [0.25, 0.3) is 5.91 Å². The Kier molecular flexibility index (Phi) is 4.87. The van der Waals surface area contributed by atoms with Crippen LogP contribution in [0.3, 0.4) is 0 Å². The second kappa shape index (κ2) is 6.93. The van der Waals surface area contributed by atoms with E-state index in [1.54, 1.807) is 26.1 Å². The van der Waals surface area contributed by atoms with Crippen molar-refractivity contribution in [2.45, 2.75) is 19.9 Å². The van der Waals surface area contributed by atoms with Crippen molar-refractivity contribution >= 4 is 57.2 Å². The number of rotatable bonds is 4. The van der Waals surface area contributed by atoms with Gasteiger partial charge in [-0.05, 0) is 35.8 Å². The van der Waals surface area contributed by atoms with Crippen molar-refractivity contribution < 1.29 is 14.7 Å². The van der Waals surface area contributed by atoms with Crippen LogP contribution >= 0.6 is 24.0 Å². The van der Waals surface area contributed by atoms with Gasteiger partial charge in [-0.25, -0.2) is 4.79 Å².